The number of Topliss-reactive ketones (excluding diaryl/α,β-unsaturated/α-hetero) is 1. The SMILES string of the molecule is CC(=O)c1ccc(N2CCN(CC3CC3)CC2)nc1. The van der Waals surface area contributed by atoms with Gasteiger partial charge in [-0.15, -0.1) is 0 Å². The Balaban J connectivity index is 1.56. The molecule has 2 heterocycles. The molecule has 1 saturated heterocycles. The van der Waals surface area contributed by atoms with Gasteiger partial charge < -0.3 is 4.90 Å². The number of carbonyl (C=O) groups is 1. The molecule has 1 aromatic rings. The summed E-state index contributed by atoms with van der Waals surface area (Å²) < 4.78 is 0. The Morgan fingerprint density at radius 2 is 2.00 bits per heavy atom. The number of nitrogens with zero attached hydrogens (tertiary/aromatic N) is 3. The van der Waals surface area contributed by atoms with Gasteiger partial charge in [0.2, 0.25) is 0 Å². The topological polar surface area (TPSA) is 36.4 Å². The van der Waals surface area contributed by atoms with Crippen molar-refractivity contribution in [3.8, 4) is 0 Å². The summed E-state index contributed by atoms with van der Waals surface area (Å²) in [6, 6.07) is 3.84. The molecule has 1 aliphatic heterocycles. The summed E-state index contributed by atoms with van der Waals surface area (Å²) in [7, 11) is 0. The van der Waals surface area contributed by atoms with E-state index in [1.165, 1.54) is 19.4 Å². The van der Waals surface area contributed by atoms with E-state index in [9.17, 15) is 4.79 Å². The van der Waals surface area contributed by atoms with Gasteiger partial charge >= 0.3 is 0 Å². The first-order valence-electron chi connectivity index (χ1n) is 7.16. The minimum absolute atomic E-state index is 0.0771. The first-order valence-corrected chi connectivity index (χ1v) is 7.16. The van der Waals surface area contributed by atoms with Crippen molar-refractivity contribution >= 4 is 11.6 Å². The lowest BCUT2D eigenvalue weighted by Gasteiger charge is -2.35. The van der Waals surface area contributed by atoms with E-state index >= 15 is 0 Å². The third kappa shape index (κ3) is 3.13. The van der Waals surface area contributed by atoms with Crippen molar-refractivity contribution in [2.45, 2.75) is 19.8 Å². The van der Waals surface area contributed by atoms with Crippen LogP contribution in [-0.4, -0.2) is 48.4 Å². The Morgan fingerprint density at radius 1 is 1.26 bits per heavy atom. The van der Waals surface area contributed by atoms with Crippen LogP contribution in [-0.2, 0) is 0 Å². The highest BCUT2D eigenvalue weighted by molar-refractivity contribution is 5.93. The highest BCUT2D eigenvalue weighted by Gasteiger charge is 2.26. The second kappa shape index (κ2) is 5.29. The molecule has 1 aliphatic carbocycles. The molecule has 1 saturated carbocycles. The van der Waals surface area contributed by atoms with Crippen LogP contribution in [0.4, 0.5) is 5.82 Å². The highest BCUT2D eigenvalue weighted by Crippen LogP contribution is 2.30. The van der Waals surface area contributed by atoms with Gasteiger partial charge in [-0.05, 0) is 37.8 Å². The quantitative estimate of drug-likeness (QED) is 0.773. The standard InChI is InChI=1S/C15H21N3O/c1-12(19)14-4-5-15(16-10-14)18-8-6-17(7-9-18)11-13-2-3-13/h4-5,10,13H,2-3,6-9,11H2,1H3. The number of ketones is 1. The Labute approximate surface area is 114 Å². The first kappa shape index (κ1) is 12.6. The van der Waals surface area contributed by atoms with E-state index in [0.29, 0.717) is 5.56 Å². The zero-order valence-electron chi connectivity index (χ0n) is 11.5. The maximum Gasteiger partial charge on any atom is 0.161 e. The van der Waals surface area contributed by atoms with Crippen molar-refractivity contribution in [1.29, 1.82) is 0 Å². The summed E-state index contributed by atoms with van der Waals surface area (Å²) in [5, 5.41) is 0. The van der Waals surface area contributed by atoms with Gasteiger partial charge in [0, 0.05) is 44.5 Å². The molecule has 0 radical (unpaired) electrons. The molecule has 2 fully saturated rings. The van der Waals surface area contributed by atoms with Gasteiger partial charge in [-0.3, -0.25) is 9.69 Å². The fraction of sp³-hybridized carbons (Fsp3) is 0.600. The van der Waals surface area contributed by atoms with Crippen LogP contribution in [0.5, 0.6) is 0 Å². The molecule has 2 aliphatic rings. The number of carbonyl (C=O) groups excluding carboxylic acids is 1. The summed E-state index contributed by atoms with van der Waals surface area (Å²) >= 11 is 0. The zero-order valence-corrected chi connectivity index (χ0v) is 11.5. The van der Waals surface area contributed by atoms with E-state index in [1.54, 1.807) is 13.1 Å². The average Bonchev–Trinajstić information content (AvgIpc) is 3.24. The third-order valence-corrected chi connectivity index (χ3v) is 4.06. The lowest BCUT2D eigenvalue weighted by molar-refractivity contribution is 0.101. The average molecular weight is 259 g/mol. The van der Waals surface area contributed by atoms with Gasteiger partial charge in [-0.2, -0.15) is 0 Å². The largest absolute Gasteiger partial charge is 0.354 e. The van der Waals surface area contributed by atoms with E-state index in [4.69, 9.17) is 0 Å². The summed E-state index contributed by atoms with van der Waals surface area (Å²) in [5.74, 6) is 2.05. The molecular weight excluding hydrogens is 238 g/mol. The van der Waals surface area contributed by atoms with Crippen LogP contribution in [0.1, 0.15) is 30.1 Å². The molecule has 0 unspecified atom stereocenters. The summed E-state index contributed by atoms with van der Waals surface area (Å²) in [6.07, 6.45) is 4.54. The lowest BCUT2D eigenvalue weighted by Crippen LogP contribution is -2.47. The number of pyridine rings is 1. The normalized spacial score (nSPS) is 20.6. The van der Waals surface area contributed by atoms with Crippen LogP contribution in [0.2, 0.25) is 0 Å². The van der Waals surface area contributed by atoms with Crippen LogP contribution < -0.4 is 4.90 Å². The Hall–Kier alpha value is -1.42. The third-order valence-electron chi connectivity index (χ3n) is 4.06. The first-order chi connectivity index (χ1) is 9.22. The number of piperazine rings is 1. The Bertz CT molecular complexity index is 445. The van der Waals surface area contributed by atoms with Gasteiger partial charge in [0.15, 0.2) is 5.78 Å². The van der Waals surface area contributed by atoms with Crippen molar-refractivity contribution in [3.63, 3.8) is 0 Å². The monoisotopic (exact) mass is 259 g/mol. The molecule has 0 N–H and O–H groups in total. The predicted molar refractivity (Wildman–Crippen MR) is 75.6 cm³/mol. The van der Waals surface area contributed by atoms with Gasteiger partial charge in [-0.25, -0.2) is 4.98 Å². The maximum absolute atomic E-state index is 11.2. The molecule has 3 rings (SSSR count). The summed E-state index contributed by atoms with van der Waals surface area (Å²) in [5.41, 5.74) is 0.691. The summed E-state index contributed by atoms with van der Waals surface area (Å²) in [6.45, 7) is 7.20. The van der Waals surface area contributed by atoms with Gasteiger partial charge in [0.05, 0.1) is 0 Å². The fourth-order valence-corrected chi connectivity index (χ4v) is 2.61. The summed E-state index contributed by atoms with van der Waals surface area (Å²) in [4.78, 5) is 20.5. The Morgan fingerprint density at radius 3 is 2.53 bits per heavy atom. The second-order valence-corrected chi connectivity index (χ2v) is 5.69. The van der Waals surface area contributed by atoms with Crippen LogP contribution in [0.25, 0.3) is 0 Å². The van der Waals surface area contributed by atoms with E-state index < -0.39 is 0 Å². The lowest BCUT2D eigenvalue weighted by atomic mass is 10.2. The van der Waals surface area contributed by atoms with Crippen molar-refractivity contribution in [1.82, 2.24) is 9.88 Å². The van der Waals surface area contributed by atoms with E-state index in [0.717, 1.165) is 37.9 Å². The molecule has 0 amide bonds. The molecule has 1 aromatic heterocycles. The number of hydrogen-bond donors (Lipinski definition) is 0. The minimum atomic E-state index is 0.0771. The van der Waals surface area contributed by atoms with Crippen LogP contribution >= 0.6 is 0 Å². The maximum atomic E-state index is 11.2. The smallest absolute Gasteiger partial charge is 0.161 e. The molecule has 102 valence electrons. The molecule has 4 heteroatoms. The van der Waals surface area contributed by atoms with Crippen molar-refractivity contribution in [3.05, 3.63) is 23.9 Å². The van der Waals surface area contributed by atoms with E-state index in [-0.39, 0.29) is 5.78 Å². The van der Waals surface area contributed by atoms with Gasteiger partial charge in [-0.1, -0.05) is 0 Å². The zero-order chi connectivity index (χ0) is 13.2. The molecule has 0 atom stereocenters. The van der Waals surface area contributed by atoms with Crippen LogP contribution in [0.3, 0.4) is 0 Å². The molecule has 0 spiro atoms. The Kier molecular flexibility index (Phi) is 3.51. The molecular formula is C15H21N3O. The predicted octanol–water partition coefficient (Wildman–Crippen LogP) is 1.82. The molecule has 0 bridgehead atoms. The van der Waals surface area contributed by atoms with Crippen molar-refractivity contribution < 1.29 is 4.79 Å². The van der Waals surface area contributed by atoms with Crippen LogP contribution in [0, 0.1) is 5.92 Å². The van der Waals surface area contributed by atoms with Crippen molar-refractivity contribution in [2.24, 2.45) is 5.92 Å². The van der Waals surface area contributed by atoms with E-state index in [1.807, 2.05) is 12.1 Å². The minimum Gasteiger partial charge on any atom is -0.354 e. The number of anilines is 1. The van der Waals surface area contributed by atoms with Gasteiger partial charge in [0.25, 0.3) is 0 Å². The van der Waals surface area contributed by atoms with E-state index in [2.05, 4.69) is 14.8 Å². The van der Waals surface area contributed by atoms with Crippen molar-refractivity contribution in [2.75, 3.05) is 37.6 Å². The second-order valence-electron chi connectivity index (χ2n) is 5.69. The molecule has 19 heavy (non-hydrogen) atoms. The number of aromatic nitrogens is 1. The highest BCUT2D eigenvalue weighted by atomic mass is 16.1. The molecule has 0 aromatic carbocycles. The van der Waals surface area contributed by atoms with Gasteiger partial charge in [0.1, 0.15) is 5.82 Å². The van der Waals surface area contributed by atoms with Crippen LogP contribution in [0.15, 0.2) is 18.3 Å². The number of hydrogen-bond acceptors (Lipinski definition) is 4. The fourth-order valence-electron chi connectivity index (χ4n) is 2.61. The number of rotatable bonds is 4. The molecule has 4 nitrogen and oxygen atoms in total.